The van der Waals surface area contributed by atoms with Crippen LogP contribution in [-0.2, 0) is 11.3 Å². The van der Waals surface area contributed by atoms with E-state index in [1.807, 2.05) is 12.1 Å². The summed E-state index contributed by atoms with van der Waals surface area (Å²) < 4.78 is 5.01. The van der Waals surface area contributed by atoms with Crippen molar-refractivity contribution in [3.8, 4) is 11.3 Å². The minimum absolute atomic E-state index is 0.231. The highest BCUT2D eigenvalue weighted by Crippen LogP contribution is 2.22. The van der Waals surface area contributed by atoms with Crippen molar-refractivity contribution < 1.29 is 9.53 Å². The lowest BCUT2D eigenvalue weighted by molar-refractivity contribution is 0.0520. The van der Waals surface area contributed by atoms with Crippen LogP contribution < -0.4 is 0 Å². The van der Waals surface area contributed by atoms with Crippen molar-refractivity contribution in [2.24, 2.45) is 5.92 Å². The molecule has 1 aliphatic rings. The van der Waals surface area contributed by atoms with Gasteiger partial charge in [-0.1, -0.05) is 31.2 Å². The molecule has 1 atom stereocenters. The topological polar surface area (TPSA) is 71.1 Å². The molecule has 1 saturated heterocycles. The summed E-state index contributed by atoms with van der Waals surface area (Å²) in [6.45, 7) is 7.71. The highest BCUT2D eigenvalue weighted by Gasteiger charge is 2.19. The van der Waals surface area contributed by atoms with Crippen LogP contribution in [0.5, 0.6) is 0 Å². The molecule has 128 valence electrons. The van der Waals surface area contributed by atoms with Crippen LogP contribution in [0.2, 0.25) is 0 Å². The second-order valence-electron chi connectivity index (χ2n) is 6.42. The van der Waals surface area contributed by atoms with E-state index in [-0.39, 0.29) is 5.69 Å². The molecular formula is C18H24N4O2. The number of rotatable bonds is 5. The quantitative estimate of drug-likeness (QED) is 0.855. The van der Waals surface area contributed by atoms with Gasteiger partial charge in [0.25, 0.3) is 0 Å². The number of piperidine rings is 1. The van der Waals surface area contributed by atoms with E-state index in [9.17, 15) is 4.79 Å². The van der Waals surface area contributed by atoms with Gasteiger partial charge < -0.3 is 4.74 Å². The highest BCUT2D eigenvalue weighted by atomic mass is 16.5. The highest BCUT2D eigenvalue weighted by molar-refractivity contribution is 5.93. The van der Waals surface area contributed by atoms with Gasteiger partial charge >= 0.3 is 5.97 Å². The minimum Gasteiger partial charge on any atom is -0.461 e. The number of hydrogen-bond donors (Lipinski definition) is 1. The number of carbonyl (C=O) groups is 1. The number of nitrogens with zero attached hydrogens (tertiary/aromatic N) is 3. The molecule has 24 heavy (non-hydrogen) atoms. The molecule has 0 aliphatic carbocycles. The zero-order valence-corrected chi connectivity index (χ0v) is 14.3. The van der Waals surface area contributed by atoms with Crippen molar-refractivity contribution in [3.05, 3.63) is 35.5 Å². The molecule has 1 N–H and O–H groups in total. The third-order valence-corrected chi connectivity index (χ3v) is 4.39. The Bertz CT molecular complexity index is 681. The van der Waals surface area contributed by atoms with Gasteiger partial charge in [-0.25, -0.2) is 4.79 Å². The fraction of sp³-hybridized carbons (Fsp3) is 0.500. The maximum atomic E-state index is 11.9. The maximum absolute atomic E-state index is 11.9. The Morgan fingerprint density at radius 3 is 2.83 bits per heavy atom. The summed E-state index contributed by atoms with van der Waals surface area (Å²) in [6.07, 6.45) is 2.61. The van der Waals surface area contributed by atoms with Gasteiger partial charge in [0, 0.05) is 18.7 Å². The molecule has 1 aromatic heterocycles. The van der Waals surface area contributed by atoms with Crippen LogP contribution in [0.3, 0.4) is 0 Å². The van der Waals surface area contributed by atoms with E-state index >= 15 is 0 Å². The normalized spacial score (nSPS) is 18.5. The number of ether oxygens (including phenoxy) is 1. The zero-order valence-electron chi connectivity index (χ0n) is 14.3. The third kappa shape index (κ3) is 3.82. The van der Waals surface area contributed by atoms with Crippen molar-refractivity contribution in [2.45, 2.75) is 33.2 Å². The second kappa shape index (κ2) is 7.57. The lowest BCUT2D eigenvalue weighted by Crippen LogP contribution is -2.33. The molecule has 3 rings (SSSR count). The molecule has 1 aliphatic heterocycles. The van der Waals surface area contributed by atoms with Crippen molar-refractivity contribution >= 4 is 5.97 Å². The monoisotopic (exact) mass is 328 g/mol. The number of carbonyl (C=O) groups excluding carboxylic acids is 1. The first-order valence-electron chi connectivity index (χ1n) is 8.57. The second-order valence-corrected chi connectivity index (χ2v) is 6.42. The molecule has 2 aromatic rings. The van der Waals surface area contributed by atoms with Gasteiger partial charge in [-0.15, -0.1) is 5.10 Å². The van der Waals surface area contributed by atoms with E-state index < -0.39 is 5.97 Å². The van der Waals surface area contributed by atoms with Gasteiger partial charge in [-0.3, -0.25) is 4.90 Å². The summed E-state index contributed by atoms with van der Waals surface area (Å²) in [4.78, 5) is 14.4. The maximum Gasteiger partial charge on any atom is 0.361 e. The summed E-state index contributed by atoms with van der Waals surface area (Å²) in [5.74, 6) is 0.327. The number of nitrogens with one attached hydrogen (secondary N) is 1. The molecule has 1 fully saturated rings. The Morgan fingerprint density at radius 2 is 2.12 bits per heavy atom. The first-order chi connectivity index (χ1) is 11.7. The SMILES string of the molecule is CCOC(=O)c1n[nH]nc1-c1ccc(CN2CCCC(C)C2)cc1. The van der Waals surface area contributed by atoms with Crippen LogP contribution in [0.1, 0.15) is 42.7 Å². The van der Waals surface area contributed by atoms with Gasteiger partial charge in [0.15, 0.2) is 5.69 Å². The van der Waals surface area contributed by atoms with Crippen LogP contribution in [0, 0.1) is 5.92 Å². The van der Waals surface area contributed by atoms with E-state index in [2.05, 4.69) is 39.4 Å². The number of hydrogen-bond acceptors (Lipinski definition) is 5. The van der Waals surface area contributed by atoms with E-state index in [1.54, 1.807) is 6.92 Å². The Kier molecular flexibility index (Phi) is 5.25. The van der Waals surface area contributed by atoms with Gasteiger partial charge in [-0.05, 0) is 37.8 Å². The van der Waals surface area contributed by atoms with Crippen molar-refractivity contribution in [3.63, 3.8) is 0 Å². The number of aromatic nitrogens is 3. The predicted octanol–water partition coefficient (Wildman–Crippen LogP) is 2.88. The Balaban J connectivity index is 1.71. The fourth-order valence-corrected chi connectivity index (χ4v) is 3.23. The molecule has 1 aromatic carbocycles. The largest absolute Gasteiger partial charge is 0.461 e. The summed E-state index contributed by atoms with van der Waals surface area (Å²) in [5, 5.41) is 10.5. The Hall–Kier alpha value is -2.21. The summed E-state index contributed by atoms with van der Waals surface area (Å²) >= 11 is 0. The molecule has 0 amide bonds. The van der Waals surface area contributed by atoms with Crippen LogP contribution >= 0.6 is 0 Å². The molecule has 0 radical (unpaired) electrons. The number of benzene rings is 1. The molecule has 6 heteroatoms. The molecular weight excluding hydrogens is 304 g/mol. The van der Waals surface area contributed by atoms with Gasteiger partial charge in [0.05, 0.1) is 6.61 Å². The van der Waals surface area contributed by atoms with E-state index in [0.717, 1.165) is 24.6 Å². The standard InChI is InChI=1S/C18H24N4O2/c1-3-24-18(23)17-16(19-21-20-17)15-8-6-14(7-9-15)12-22-10-4-5-13(2)11-22/h6-9,13H,3-5,10-12H2,1-2H3,(H,19,20,21). The van der Waals surface area contributed by atoms with Gasteiger partial charge in [-0.2, -0.15) is 10.3 Å². The number of aromatic amines is 1. The van der Waals surface area contributed by atoms with E-state index in [1.165, 1.54) is 24.9 Å². The third-order valence-electron chi connectivity index (χ3n) is 4.39. The molecule has 2 heterocycles. The summed E-state index contributed by atoms with van der Waals surface area (Å²) in [7, 11) is 0. The molecule has 6 nitrogen and oxygen atoms in total. The van der Waals surface area contributed by atoms with Crippen LogP contribution in [-0.4, -0.2) is 46.0 Å². The molecule has 0 saturated carbocycles. The Labute approximate surface area is 142 Å². The molecule has 0 spiro atoms. The fourth-order valence-electron chi connectivity index (χ4n) is 3.23. The van der Waals surface area contributed by atoms with Gasteiger partial charge in [0.1, 0.15) is 5.69 Å². The zero-order chi connectivity index (χ0) is 16.9. The van der Waals surface area contributed by atoms with Crippen LogP contribution in [0.15, 0.2) is 24.3 Å². The van der Waals surface area contributed by atoms with Crippen molar-refractivity contribution in [2.75, 3.05) is 19.7 Å². The van der Waals surface area contributed by atoms with Crippen LogP contribution in [0.4, 0.5) is 0 Å². The van der Waals surface area contributed by atoms with Crippen molar-refractivity contribution in [1.29, 1.82) is 0 Å². The summed E-state index contributed by atoms with van der Waals surface area (Å²) in [5.41, 5.74) is 2.90. The smallest absolute Gasteiger partial charge is 0.361 e. The number of esters is 1. The number of likely N-dealkylation sites (tertiary alicyclic amines) is 1. The predicted molar refractivity (Wildman–Crippen MR) is 91.5 cm³/mol. The average Bonchev–Trinajstić information content (AvgIpc) is 3.05. The molecule has 0 bridgehead atoms. The number of H-pyrrole nitrogens is 1. The van der Waals surface area contributed by atoms with Crippen molar-refractivity contribution in [1.82, 2.24) is 20.3 Å². The van der Waals surface area contributed by atoms with E-state index in [0.29, 0.717) is 12.3 Å². The Morgan fingerprint density at radius 1 is 1.33 bits per heavy atom. The first kappa shape index (κ1) is 16.6. The molecule has 1 unspecified atom stereocenters. The van der Waals surface area contributed by atoms with Crippen LogP contribution in [0.25, 0.3) is 11.3 Å². The minimum atomic E-state index is -0.451. The lowest BCUT2D eigenvalue weighted by Gasteiger charge is -2.30. The van der Waals surface area contributed by atoms with Gasteiger partial charge in [0.2, 0.25) is 0 Å². The summed E-state index contributed by atoms with van der Waals surface area (Å²) in [6, 6.07) is 8.17. The first-order valence-corrected chi connectivity index (χ1v) is 8.57. The lowest BCUT2D eigenvalue weighted by atomic mass is 9.99. The average molecular weight is 328 g/mol. The van der Waals surface area contributed by atoms with E-state index in [4.69, 9.17) is 4.74 Å².